The first-order valence-electron chi connectivity index (χ1n) is 5.91. The summed E-state index contributed by atoms with van der Waals surface area (Å²) in [6.07, 6.45) is 4.98. The van der Waals surface area contributed by atoms with Crippen molar-refractivity contribution in [3.63, 3.8) is 0 Å². The Hall–Kier alpha value is -2.00. The first kappa shape index (κ1) is 12.1. The summed E-state index contributed by atoms with van der Waals surface area (Å²) >= 11 is 5.87. The van der Waals surface area contributed by atoms with Gasteiger partial charge in [0, 0.05) is 11.9 Å². The van der Waals surface area contributed by atoms with E-state index in [1.807, 2.05) is 41.0 Å². The minimum absolute atomic E-state index is 0.503. The number of pyridine rings is 1. The highest BCUT2D eigenvalue weighted by Gasteiger charge is 2.04. The molecule has 4 heteroatoms. The average Bonchev–Trinajstić information content (AvgIpc) is 2.82. The SMILES string of the molecule is COc1ccc(Cn2[c]cc3cc(Cl)ncc32)cc1. The van der Waals surface area contributed by atoms with E-state index < -0.39 is 0 Å². The molecule has 0 aliphatic rings. The summed E-state index contributed by atoms with van der Waals surface area (Å²) in [6, 6.07) is 11.8. The Balaban J connectivity index is 1.92. The first-order valence-corrected chi connectivity index (χ1v) is 6.29. The van der Waals surface area contributed by atoms with Crippen LogP contribution in [0.5, 0.6) is 5.75 Å². The molecule has 0 bridgehead atoms. The molecule has 0 aliphatic heterocycles. The summed E-state index contributed by atoms with van der Waals surface area (Å²) in [5.41, 5.74) is 2.21. The van der Waals surface area contributed by atoms with Crippen LogP contribution in [0.25, 0.3) is 10.9 Å². The number of aromatic nitrogens is 2. The molecule has 0 amide bonds. The lowest BCUT2D eigenvalue weighted by molar-refractivity contribution is 0.414. The van der Waals surface area contributed by atoms with Crippen molar-refractivity contribution in [3.05, 3.63) is 59.5 Å². The van der Waals surface area contributed by atoms with Gasteiger partial charge in [-0.1, -0.05) is 23.7 Å². The zero-order chi connectivity index (χ0) is 13.2. The monoisotopic (exact) mass is 271 g/mol. The smallest absolute Gasteiger partial charge is 0.129 e. The standard InChI is InChI=1S/C15H12ClN2O/c1-19-13-4-2-11(3-5-13)10-18-7-6-12-8-15(16)17-9-14(12)18/h2-6,8-9H,10H2,1H3. The number of hydrogen-bond donors (Lipinski definition) is 0. The molecule has 0 aliphatic carbocycles. The minimum atomic E-state index is 0.503. The van der Waals surface area contributed by atoms with Gasteiger partial charge in [0.15, 0.2) is 0 Å². The van der Waals surface area contributed by atoms with E-state index in [4.69, 9.17) is 16.3 Å². The van der Waals surface area contributed by atoms with Crippen molar-refractivity contribution < 1.29 is 4.74 Å². The molecule has 0 spiro atoms. The van der Waals surface area contributed by atoms with Gasteiger partial charge >= 0.3 is 0 Å². The fourth-order valence-corrected chi connectivity index (χ4v) is 2.21. The summed E-state index contributed by atoms with van der Waals surface area (Å²) in [5, 5.41) is 1.55. The van der Waals surface area contributed by atoms with Gasteiger partial charge in [0.1, 0.15) is 10.9 Å². The molecule has 19 heavy (non-hydrogen) atoms. The van der Waals surface area contributed by atoms with E-state index >= 15 is 0 Å². The largest absolute Gasteiger partial charge is 0.497 e. The van der Waals surface area contributed by atoms with E-state index in [1.54, 1.807) is 13.3 Å². The van der Waals surface area contributed by atoms with E-state index in [1.165, 1.54) is 5.56 Å². The lowest BCUT2D eigenvalue weighted by Crippen LogP contribution is -1.98. The Morgan fingerprint density at radius 2 is 2.11 bits per heavy atom. The Labute approximate surface area is 116 Å². The molecule has 0 N–H and O–H groups in total. The molecule has 0 saturated carbocycles. The third-order valence-corrected chi connectivity index (χ3v) is 3.25. The Morgan fingerprint density at radius 3 is 2.84 bits per heavy atom. The second-order valence-corrected chi connectivity index (χ2v) is 4.66. The molecule has 95 valence electrons. The lowest BCUT2D eigenvalue weighted by Gasteiger charge is -2.06. The molecule has 2 heterocycles. The molecule has 3 nitrogen and oxygen atoms in total. The van der Waals surface area contributed by atoms with Crippen LogP contribution in [-0.4, -0.2) is 16.7 Å². The maximum Gasteiger partial charge on any atom is 0.129 e. The van der Waals surface area contributed by atoms with E-state index in [-0.39, 0.29) is 0 Å². The fourth-order valence-electron chi connectivity index (χ4n) is 2.04. The van der Waals surface area contributed by atoms with Crippen molar-refractivity contribution in [1.29, 1.82) is 0 Å². The Morgan fingerprint density at radius 1 is 1.32 bits per heavy atom. The predicted molar refractivity (Wildman–Crippen MR) is 75.7 cm³/mol. The number of fused-ring (bicyclic) bond motifs is 1. The molecule has 3 aromatic rings. The Kier molecular flexibility index (Phi) is 3.13. The van der Waals surface area contributed by atoms with Crippen LogP contribution in [0.15, 0.2) is 42.6 Å². The van der Waals surface area contributed by atoms with Crippen molar-refractivity contribution in [2.24, 2.45) is 0 Å². The normalized spacial score (nSPS) is 10.8. The van der Waals surface area contributed by atoms with Crippen molar-refractivity contribution in [2.45, 2.75) is 6.54 Å². The van der Waals surface area contributed by atoms with Crippen LogP contribution in [0.3, 0.4) is 0 Å². The molecule has 0 fully saturated rings. The molecule has 1 aromatic carbocycles. The zero-order valence-electron chi connectivity index (χ0n) is 10.4. The van der Waals surface area contributed by atoms with Crippen LogP contribution < -0.4 is 4.74 Å². The van der Waals surface area contributed by atoms with Gasteiger partial charge in [-0.3, -0.25) is 0 Å². The van der Waals surface area contributed by atoms with Gasteiger partial charge in [-0.15, -0.1) is 0 Å². The fraction of sp³-hybridized carbons (Fsp3) is 0.133. The summed E-state index contributed by atoms with van der Waals surface area (Å²) in [5.74, 6) is 0.860. The minimum Gasteiger partial charge on any atom is -0.497 e. The summed E-state index contributed by atoms with van der Waals surface area (Å²) in [7, 11) is 1.66. The van der Waals surface area contributed by atoms with Crippen molar-refractivity contribution in [2.75, 3.05) is 7.11 Å². The third kappa shape index (κ3) is 2.42. The van der Waals surface area contributed by atoms with Crippen LogP contribution in [0.1, 0.15) is 5.56 Å². The molecule has 3 rings (SSSR count). The topological polar surface area (TPSA) is 27.1 Å². The highest BCUT2D eigenvalue weighted by Crippen LogP contribution is 2.19. The summed E-state index contributed by atoms with van der Waals surface area (Å²) in [4.78, 5) is 4.11. The summed E-state index contributed by atoms with van der Waals surface area (Å²) < 4.78 is 7.18. The number of methoxy groups -OCH3 is 1. The maximum atomic E-state index is 5.87. The van der Waals surface area contributed by atoms with Gasteiger partial charge in [0.25, 0.3) is 0 Å². The molecular formula is C15H12ClN2O. The number of nitrogens with zero attached hydrogens (tertiary/aromatic N) is 2. The van der Waals surface area contributed by atoms with Gasteiger partial charge in [-0.25, -0.2) is 4.98 Å². The molecule has 0 unspecified atom stereocenters. The van der Waals surface area contributed by atoms with Crippen molar-refractivity contribution >= 4 is 22.5 Å². The number of halogens is 1. The molecule has 0 saturated heterocycles. The molecular weight excluding hydrogens is 260 g/mol. The second kappa shape index (κ2) is 4.94. The van der Waals surface area contributed by atoms with Crippen LogP contribution in [0, 0.1) is 6.20 Å². The van der Waals surface area contributed by atoms with E-state index in [2.05, 4.69) is 11.2 Å². The zero-order valence-corrected chi connectivity index (χ0v) is 11.2. The Bertz CT molecular complexity index is 704. The van der Waals surface area contributed by atoms with Gasteiger partial charge in [0.2, 0.25) is 0 Å². The third-order valence-electron chi connectivity index (χ3n) is 3.05. The number of benzene rings is 1. The van der Waals surface area contributed by atoms with Gasteiger partial charge < -0.3 is 9.30 Å². The number of rotatable bonds is 3. The van der Waals surface area contributed by atoms with E-state index in [0.717, 1.165) is 23.2 Å². The van der Waals surface area contributed by atoms with Crippen LogP contribution in [0.4, 0.5) is 0 Å². The van der Waals surface area contributed by atoms with E-state index in [0.29, 0.717) is 5.15 Å². The van der Waals surface area contributed by atoms with Crippen molar-refractivity contribution in [1.82, 2.24) is 9.55 Å². The van der Waals surface area contributed by atoms with Gasteiger partial charge in [-0.05, 0) is 29.8 Å². The quantitative estimate of drug-likeness (QED) is 0.681. The first-order chi connectivity index (χ1) is 9.26. The van der Waals surface area contributed by atoms with Crippen LogP contribution in [0.2, 0.25) is 5.15 Å². The molecule has 0 atom stereocenters. The summed E-state index contributed by atoms with van der Waals surface area (Å²) in [6.45, 7) is 0.747. The number of hydrogen-bond acceptors (Lipinski definition) is 2. The predicted octanol–water partition coefficient (Wildman–Crippen LogP) is 3.55. The maximum absolute atomic E-state index is 5.87. The molecule has 1 radical (unpaired) electrons. The van der Waals surface area contributed by atoms with E-state index in [9.17, 15) is 0 Å². The number of ether oxygens (including phenoxy) is 1. The lowest BCUT2D eigenvalue weighted by atomic mass is 10.2. The van der Waals surface area contributed by atoms with Gasteiger partial charge in [0.05, 0.1) is 25.0 Å². The second-order valence-electron chi connectivity index (χ2n) is 4.27. The van der Waals surface area contributed by atoms with Gasteiger partial charge in [-0.2, -0.15) is 0 Å². The molecule has 2 aromatic heterocycles. The van der Waals surface area contributed by atoms with Crippen LogP contribution in [-0.2, 0) is 6.54 Å². The highest BCUT2D eigenvalue weighted by atomic mass is 35.5. The van der Waals surface area contributed by atoms with Crippen molar-refractivity contribution in [3.8, 4) is 5.75 Å². The average molecular weight is 272 g/mol. The highest BCUT2D eigenvalue weighted by molar-refractivity contribution is 6.30. The van der Waals surface area contributed by atoms with Crippen LogP contribution >= 0.6 is 11.6 Å².